The van der Waals surface area contributed by atoms with Gasteiger partial charge in [-0.3, -0.25) is 9.59 Å². The van der Waals surface area contributed by atoms with Crippen LogP contribution in [0, 0.1) is 5.92 Å². The van der Waals surface area contributed by atoms with Gasteiger partial charge in [0.25, 0.3) is 5.91 Å². The highest BCUT2D eigenvalue weighted by Crippen LogP contribution is 2.22. The number of carbonyl (C=O) groups is 3. The molecule has 1 unspecified atom stereocenters. The van der Waals surface area contributed by atoms with Crippen LogP contribution < -0.4 is 16.0 Å². The second-order valence-corrected chi connectivity index (χ2v) is 7.90. The van der Waals surface area contributed by atoms with Gasteiger partial charge in [0, 0.05) is 36.1 Å². The maximum atomic E-state index is 12.8. The minimum atomic E-state index is -0.288. The highest BCUT2D eigenvalue weighted by molar-refractivity contribution is 5.98. The van der Waals surface area contributed by atoms with Crippen LogP contribution in [0.25, 0.3) is 0 Å². The SMILES string of the molecule is O=C(NC1CC1)c1cccc(NC(=O)C2CCCN(C(=O)Nc3ccccc3)C2)c1. The third kappa shape index (κ3) is 5.17. The summed E-state index contributed by atoms with van der Waals surface area (Å²) in [5, 5.41) is 8.73. The summed E-state index contributed by atoms with van der Waals surface area (Å²) in [6.07, 6.45) is 3.54. The predicted molar refractivity (Wildman–Crippen MR) is 115 cm³/mol. The Labute approximate surface area is 175 Å². The van der Waals surface area contributed by atoms with Crippen LogP contribution in [0.15, 0.2) is 54.6 Å². The Balaban J connectivity index is 1.34. The minimum absolute atomic E-state index is 0.116. The highest BCUT2D eigenvalue weighted by Gasteiger charge is 2.29. The van der Waals surface area contributed by atoms with Gasteiger partial charge in [0.2, 0.25) is 5.91 Å². The number of piperidine rings is 1. The van der Waals surface area contributed by atoms with Gasteiger partial charge in [0.1, 0.15) is 0 Å². The molecule has 3 N–H and O–H groups in total. The molecule has 1 aliphatic heterocycles. The van der Waals surface area contributed by atoms with E-state index in [9.17, 15) is 14.4 Å². The molecule has 4 rings (SSSR count). The molecule has 1 saturated heterocycles. The monoisotopic (exact) mass is 406 g/mol. The Hall–Kier alpha value is -3.35. The number of nitrogens with zero attached hydrogens (tertiary/aromatic N) is 1. The van der Waals surface area contributed by atoms with E-state index in [2.05, 4.69) is 16.0 Å². The molecule has 1 heterocycles. The Morgan fingerprint density at radius 2 is 1.63 bits per heavy atom. The number of urea groups is 1. The molecule has 156 valence electrons. The number of nitrogens with one attached hydrogen (secondary N) is 3. The Kier molecular flexibility index (Phi) is 5.97. The predicted octanol–water partition coefficient (Wildman–Crippen LogP) is 3.46. The maximum absolute atomic E-state index is 12.8. The van der Waals surface area contributed by atoms with Gasteiger partial charge in [-0.15, -0.1) is 0 Å². The molecule has 1 aliphatic carbocycles. The number of carbonyl (C=O) groups excluding carboxylic acids is 3. The average molecular weight is 406 g/mol. The van der Waals surface area contributed by atoms with Crippen LogP contribution in [0.5, 0.6) is 0 Å². The first-order valence-electron chi connectivity index (χ1n) is 10.4. The first kappa shape index (κ1) is 19.9. The summed E-state index contributed by atoms with van der Waals surface area (Å²) < 4.78 is 0. The second kappa shape index (κ2) is 8.98. The van der Waals surface area contributed by atoms with E-state index in [1.165, 1.54) is 0 Å². The van der Waals surface area contributed by atoms with E-state index in [-0.39, 0.29) is 29.8 Å². The summed E-state index contributed by atoms with van der Waals surface area (Å²) in [5.74, 6) is -0.536. The topological polar surface area (TPSA) is 90.5 Å². The summed E-state index contributed by atoms with van der Waals surface area (Å²) in [7, 11) is 0. The van der Waals surface area contributed by atoms with Gasteiger partial charge in [0.15, 0.2) is 0 Å². The van der Waals surface area contributed by atoms with Crippen molar-refractivity contribution in [1.82, 2.24) is 10.2 Å². The van der Waals surface area contributed by atoms with Crippen LogP contribution in [0.3, 0.4) is 0 Å². The fourth-order valence-corrected chi connectivity index (χ4v) is 3.58. The molecule has 1 atom stereocenters. The van der Waals surface area contributed by atoms with Crippen LogP contribution in [0.4, 0.5) is 16.2 Å². The molecule has 0 spiro atoms. The van der Waals surface area contributed by atoms with Gasteiger partial charge in [-0.25, -0.2) is 4.79 Å². The Morgan fingerprint density at radius 3 is 2.40 bits per heavy atom. The van der Waals surface area contributed by atoms with Crippen LogP contribution in [-0.4, -0.2) is 41.9 Å². The van der Waals surface area contributed by atoms with Crippen molar-refractivity contribution < 1.29 is 14.4 Å². The maximum Gasteiger partial charge on any atom is 0.321 e. The zero-order chi connectivity index (χ0) is 20.9. The number of benzene rings is 2. The smallest absolute Gasteiger partial charge is 0.321 e. The molecule has 7 nitrogen and oxygen atoms in total. The van der Waals surface area contributed by atoms with E-state index in [1.54, 1.807) is 29.2 Å². The molecular weight excluding hydrogens is 380 g/mol. The fraction of sp³-hybridized carbons (Fsp3) is 0.348. The normalized spacial score (nSPS) is 18.4. The number of hydrogen-bond acceptors (Lipinski definition) is 3. The van der Waals surface area contributed by atoms with Gasteiger partial charge in [-0.1, -0.05) is 24.3 Å². The fourth-order valence-electron chi connectivity index (χ4n) is 3.58. The number of likely N-dealkylation sites (tertiary alicyclic amines) is 1. The molecule has 0 bridgehead atoms. The number of anilines is 2. The van der Waals surface area contributed by atoms with E-state index in [0.717, 1.165) is 31.4 Å². The largest absolute Gasteiger partial charge is 0.349 e. The third-order valence-corrected chi connectivity index (χ3v) is 5.41. The van der Waals surface area contributed by atoms with Crippen molar-refractivity contribution in [1.29, 1.82) is 0 Å². The van der Waals surface area contributed by atoms with Crippen molar-refractivity contribution in [2.24, 2.45) is 5.92 Å². The molecule has 2 aliphatic rings. The Bertz CT molecular complexity index is 927. The molecule has 2 aromatic rings. The standard InChI is InChI=1S/C23H26N4O3/c28-21(24-19-11-12-19)16-6-4-10-20(14-16)25-22(29)17-7-5-13-27(15-17)23(30)26-18-8-2-1-3-9-18/h1-4,6,8-10,14,17,19H,5,7,11-13,15H2,(H,24,28)(H,25,29)(H,26,30). The van der Waals surface area contributed by atoms with E-state index >= 15 is 0 Å². The zero-order valence-corrected chi connectivity index (χ0v) is 16.8. The molecule has 0 radical (unpaired) electrons. The quantitative estimate of drug-likeness (QED) is 0.710. The van der Waals surface area contributed by atoms with Crippen LogP contribution in [0.1, 0.15) is 36.0 Å². The van der Waals surface area contributed by atoms with Gasteiger partial charge in [-0.05, 0) is 56.0 Å². The van der Waals surface area contributed by atoms with Crippen molar-refractivity contribution in [3.63, 3.8) is 0 Å². The first-order chi connectivity index (χ1) is 14.6. The lowest BCUT2D eigenvalue weighted by Crippen LogP contribution is -2.45. The van der Waals surface area contributed by atoms with Crippen molar-refractivity contribution in [3.05, 3.63) is 60.2 Å². The zero-order valence-electron chi connectivity index (χ0n) is 16.8. The average Bonchev–Trinajstić information content (AvgIpc) is 3.59. The first-order valence-corrected chi connectivity index (χ1v) is 10.4. The van der Waals surface area contributed by atoms with E-state index in [4.69, 9.17) is 0 Å². The molecule has 2 aromatic carbocycles. The number of para-hydroxylation sites is 1. The number of amides is 4. The summed E-state index contributed by atoms with van der Waals surface area (Å²) in [5.41, 5.74) is 1.86. The lowest BCUT2D eigenvalue weighted by atomic mass is 9.97. The summed E-state index contributed by atoms with van der Waals surface area (Å²) in [4.78, 5) is 39.2. The van der Waals surface area contributed by atoms with E-state index in [1.807, 2.05) is 30.3 Å². The lowest BCUT2D eigenvalue weighted by Gasteiger charge is -2.32. The molecule has 7 heteroatoms. The molecule has 4 amide bonds. The molecular formula is C23H26N4O3. The molecule has 30 heavy (non-hydrogen) atoms. The summed E-state index contributed by atoms with van der Waals surface area (Å²) in [6.45, 7) is 0.992. The van der Waals surface area contributed by atoms with Crippen LogP contribution >= 0.6 is 0 Å². The molecule has 2 fully saturated rings. The van der Waals surface area contributed by atoms with Crippen molar-refractivity contribution in [3.8, 4) is 0 Å². The van der Waals surface area contributed by atoms with Crippen molar-refractivity contribution in [2.45, 2.75) is 31.7 Å². The van der Waals surface area contributed by atoms with Gasteiger partial charge >= 0.3 is 6.03 Å². The minimum Gasteiger partial charge on any atom is -0.349 e. The second-order valence-electron chi connectivity index (χ2n) is 7.90. The summed E-state index contributed by atoms with van der Waals surface area (Å²) in [6, 6.07) is 16.3. The lowest BCUT2D eigenvalue weighted by molar-refractivity contribution is -0.121. The molecule has 0 aromatic heterocycles. The van der Waals surface area contributed by atoms with E-state index in [0.29, 0.717) is 24.3 Å². The highest BCUT2D eigenvalue weighted by atomic mass is 16.2. The third-order valence-electron chi connectivity index (χ3n) is 5.41. The van der Waals surface area contributed by atoms with Gasteiger partial charge < -0.3 is 20.9 Å². The van der Waals surface area contributed by atoms with Crippen molar-refractivity contribution in [2.75, 3.05) is 23.7 Å². The van der Waals surface area contributed by atoms with Gasteiger partial charge in [-0.2, -0.15) is 0 Å². The number of rotatable bonds is 5. The van der Waals surface area contributed by atoms with Crippen LogP contribution in [-0.2, 0) is 4.79 Å². The molecule has 1 saturated carbocycles. The van der Waals surface area contributed by atoms with Crippen molar-refractivity contribution >= 4 is 29.2 Å². The summed E-state index contributed by atoms with van der Waals surface area (Å²) >= 11 is 0. The van der Waals surface area contributed by atoms with E-state index < -0.39 is 0 Å². The van der Waals surface area contributed by atoms with Crippen LogP contribution in [0.2, 0.25) is 0 Å². The van der Waals surface area contributed by atoms with Gasteiger partial charge in [0.05, 0.1) is 5.92 Å². The number of hydrogen-bond donors (Lipinski definition) is 3. The Morgan fingerprint density at radius 1 is 0.867 bits per heavy atom.